The second-order valence-corrected chi connectivity index (χ2v) is 10.2. The fraction of sp³-hybridized carbons (Fsp3) is 0.333. The van der Waals surface area contributed by atoms with Gasteiger partial charge in [0.05, 0.1) is 13.2 Å². The smallest absolute Gasteiger partial charge is 0.184 e. The van der Waals surface area contributed by atoms with Gasteiger partial charge in [0.2, 0.25) is 0 Å². The number of hydrogen-bond acceptors (Lipinski definition) is 6. The van der Waals surface area contributed by atoms with Gasteiger partial charge in [-0.2, -0.15) is 0 Å². The molecule has 3 aromatic carbocycles. The van der Waals surface area contributed by atoms with Crippen molar-refractivity contribution >= 4 is 34.8 Å². The molecular formula is C27H23Cl3O6. The van der Waals surface area contributed by atoms with Gasteiger partial charge in [-0.15, -0.1) is 0 Å². The summed E-state index contributed by atoms with van der Waals surface area (Å²) in [5.74, 6) is 0. The average molecular weight is 550 g/mol. The van der Waals surface area contributed by atoms with Crippen LogP contribution in [-0.2, 0) is 28.4 Å². The van der Waals surface area contributed by atoms with E-state index in [9.17, 15) is 0 Å². The lowest BCUT2D eigenvalue weighted by atomic mass is 10.0. The Morgan fingerprint density at radius 3 is 1.14 bits per heavy atom. The summed E-state index contributed by atoms with van der Waals surface area (Å²) in [4.78, 5) is 0. The Morgan fingerprint density at radius 2 is 0.778 bits per heavy atom. The second-order valence-electron chi connectivity index (χ2n) is 8.87. The van der Waals surface area contributed by atoms with Crippen molar-refractivity contribution in [3.8, 4) is 0 Å². The Labute approximate surface area is 223 Å². The van der Waals surface area contributed by atoms with E-state index in [1.807, 2.05) is 48.5 Å². The Morgan fingerprint density at radius 1 is 0.444 bits per heavy atom. The predicted octanol–water partition coefficient (Wildman–Crippen LogP) is 6.66. The summed E-state index contributed by atoms with van der Waals surface area (Å²) >= 11 is 18.3. The van der Waals surface area contributed by atoms with E-state index in [0.29, 0.717) is 15.1 Å². The summed E-state index contributed by atoms with van der Waals surface area (Å²) in [6.45, 7) is 0.399. The van der Waals surface area contributed by atoms with Crippen molar-refractivity contribution < 1.29 is 28.4 Å². The van der Waals surface area contributed by atoms with E-state index in [1.165, 1.54) is 0 Å². The summed E-state index contributed by atoms with van der Waals surface area (Å²) < 4.78 is 38.2. The summed E-state index contributed by atoms with van der Waals surface area (Å²) in [7, 11) is 0. The number of benzene rings is 3. The van der Waals surface area contributed by atoms with E-state index < -0.39 is 43.3 Å². The van der Waals surface area contributed by atoms with Gasteiger partial charge >= 0.3 is 0 Å². The van der Waals surface area contributed by atoms with Crippen LogP contribution in [0.25, 0.3) is 0 Å². The van der Waals surface area contributed by atoms with Crippen molar-refractivity contribution in [2.75, 3.05) is 13.2 Å². The summed E-state index contributed by atoms with van der Waals surface area (Å²) in [5, 5.41) is 1.91. The van der Waals surface area contributed by atoms with Crippen LogP contribution in [0.4, 0.5) is 0 Å². The van der Waals surface area contributed by atoms with Gasteiger partial charge in [-0.1, -0.05) is 71.2 Å². The molecule has 7 atom stereocenters. The van der Waals surface area contributed by atoms with Crippen LogP contribution in [-0.4, -0.2) is 37.6 Å². The third kappa shape index (κ3) is 5.16. The molecule has 0 spiro atoms. The quantitative estimate of drug-likeness (QED) is 0.364. The van der Waals surface area contributed by atoms with Crippen LogP contribution in [0.3, 0.4) is 0 Å². The number of halogens is 3. The first-order chi connectivity index (χ1) is 17.5. The summed E-state index contributed by atoms with van der Waals surface area (Å²) in [6.07, 6.45) is -3.76. The second kappa shape index (κ2) is 10.6. The molecule has 0 amide bonds. The molecule has 6 rings (SSSR count). The molecule has 3 aromatic rings. The summed E-state index contributed by atoms with van der Waals surface area (Å²) in [5.41, 5.74) is 2.53. The Bertz CT molecular complexity index is 1100. The molecule has 188 valence electrons. The highest BCUT2D eigenvalue weighted by Crippen LogP contribution is 2.42. The van der Waals surface area contributed by atoms with Crippen LogP contribution in [0.1, 0.15) is 35.6 Å². The molecule has 3 heterocycles. The van der Waals surface area contributed by atoms with Crippen LogP contribution < -0.4 is 0 Å². The monoisotopic (exact) mass is 548 g/mol. The summed E-state index contributed by atoms with van der Waals surface area (Å²) in [6, 6.07) is 22.1. The first-order valence-electron chi connectivity index (χ1n) is 11.6. The van der Waals surface area contributed by atoms with E-state index in [1.54, 1.807) is 24.3 Å². The molecule has 6 nitrogen and oxygen atoms in total. The lowest BCUT2D eigenvalue weighted by molar-refractivity contribution is -0.304. The molecular weight excluding hydrogens is 527 g/mol. The highest BCUT2D eigenvalue weighted by molar-refractivity contribution is 6.31. The first kappa shape index (κ1) is 24.6. The Balaban J connectivity index is 1.32. The topological polar surface area (TPSA) is 55.4 Å². The van der Waals surface area contributed by atoms with Gasteiger partial charge in [-0.25, -0.2) is 0 Å². The van der Waals surface area contributed by atoms with Gasteiger partial charge in [0.15, 0.2) is 18.9 Å². The lowest BCUT2D eigenvalue weighted by Crippen LogP contribution is -2.53. The SMILES string of the molecule is Clc1ccc(C2O[C@@H]3[C@@H](O2)[C@H]2COC(c4ccc(Cl)cc4)O[C@H]3COC(c3ccc(Cl)cc3)O2)cc1. The van der Waals surface area contributed by atoms with Crippen LogP contribution in [0.2, 0.25) is 15.1 Å². The van der Waals surface area contributed by atoms with Crippen molar-refractivity contribution in [2.45, 2.75) is 43.3 Å². The van der Waals surface area contributed by atoms with Crippen molar-refractivity contribution in [1.29, 1.82) is 0 Å². The molecule has 0 radical (unpaired) electrons. The molecule has 2 bridgehead atoms. The fourth-order valence-electron chi connectivity index (χ4n) is 4.62. The highest BCUT2D eigenvalue weighted by atomic mass is 35.5. The number of rotatable bonds is 3. The van der Waals surface area contributed by atoms with Crippen molar-refractivity contribution in [3.63, 3.8) is 0 Å². The standard InChI is InChI=1S/C27H23Cl3O6/c28-18-7-1-15(2-8-18)25-31-13-22-24-23(35-27(36-24)17-5-11-20(30)12-6-17)21(33-25)14-32-26(34-22)16-3-9-19(29)10-4-16/h1-12,21-27H,13-14H2/t21-,22+,23-,24-,25?,26?,27?/m0/s1. The molecule has 3 saturated heterocycles. The highest BCUT2D eigenvalue weighted by Gasteiger charge is 2.51. The molecule has 0 N–H and O–H groups in total. The van der Waals surface area contributed by atoms with Gasteiger partial charge in [-0.3, -0.25) is 0 Å². The third-order valence-corrected chi connectivity index (χ3v) is 7.22. The van der Waals surface area contributed by atoms with Gasteiger partial charge < -0.3 is 28.4 Å². The van der Waals surface area contributed by atoms with E-state index in [4.69, 9.17) is 63.2 Å². The zero-order valence-electron chi connectivity index (χ0n) is 19.0. The van der Waals surface area contributed by atoms with E-state index >= 15 is 0 Å². The molecule has 3 fully saturated rings. The predicted molar refractivity (Wildman–Crippen MR) is 134 cm³/mol. The molecule has 9 heteroatoms. The van der Waals surface area contributed by atoms with Crippen molar-refractivity contribution in [2.24, 2.45) is 0 Å². The molecule has 0 aromatic heterocycles. The fourth-order valence-corrected chi connectivity index (χ4v) is 5.00. The first-order valence-corrected chi connectivity index (χ1v) is 12.8. The zero-order valence-corrected chi connectivity index (χ0v) is 21.2. The largest absolute Gasteiger partial charge is 0.346 e. The van der Waals surface area contributed by atoms with E-state index in [2.05, 4.69) is 0 Å². The van der Waals surface area contributed by atoms with Gasteiger partial charge in [0.1, 0.15) is 24.4 Å². The van der Waals surface area contributed by atoms with E-state index in [-0.39, 0.29) is 13.2 Å². The zero-order chi connectivity index (χ0) is 24.6. The number of ether oxygens (including phenoxy) is 6. The molecule has 3 unspecified atom stereocenters. The van der Waals surface area contributed by atoms with Gasteiger partial charge in [-0.05, 0) is 36.4 Å². The maximum Gasteiger partial charge on any atom is 0.184 e. The van der Waals surface area contributed by atoms with Crippen molar-refractivity contribution in [3.05, 3.63) is 105 Å². The van der Waals surface area contributed by atoms with Gasteiger partial charge in [0.25, 0.3) is 0 Å². The third-order valence-electron chi connectivity index (χ3n) is 6.47. The minimum Gasteiger partial charge on any atom is -0.346 e. The van der Waals surface area contributed by atoms with Gasteiger partial charge in [0, 0.05) is 31.8 Å². The molecule has 3 aliphatic heterocycles. The van der Waals surface area contributed by atoms with E-state index in [0.717, 1.165) is 16.7 Å². The van der Waals surface area contributed by atoms with Crippen LogP contribution in [0.5, 0.6) is 0 Å². The van der Waals surface area contributed by atoms with Crippen molar-refractivity contribution in [1.82, 2.24) is 0 Å². The number of hydrogen-bond donors (Lipinski definition) is 0. The maximum absolute atomic E-state index is 6.47. The van der Waals surface area contributed by atoms with Crippen LogP contribution in [0, 0.1) is 0 Å². The average Bonchev–Trinajstić information content (AvgIpc) is 3.31. The minimum atomic E-state index is -0.645. The van der Waals surface area contributed by atoms with Crippen LogP contribution >= 0.6 is 34.8 Å². The Kier molecular flexibility index (Phi) is 7.23. The molecule has 0 aliphatic carbocycles. The minimum absolute atomic E-state index is 0.200. The molecule has 3 aliphatic rings. The Hall–Kier alpha value is -1.71. The normalized spacial score (nSPS) is 32.2. The maximum atomic E-state index is 6.47. The molecule has 36 heavy (non-hydrogen) atoms. The lowest BCUT2D eigenvalue weighted by Gasteiger charge is -2.40. The van der Waals surface area contributed by atoms with Crippen LogP contribution in [0.15, 0.2) is 72.8 Å². The molecule has 0 saturated carbocycles.